The molecule has 0 bridgehead atoms. The molecule has 1 unspecified atom stereocenters. The van der Waals surface area contributed by atoms with Crippen LogP contribution < -0.4 is 10.2 Å². The highest BCUT2D eigenvalue weighted by atomic mass is 19.4. The second-order valence-corrected chi connectivity index (χ2v) is 8.70. The number of nitrogens with one attached hydrogen (secondary N) is 1. The number of piperidine rings is 1. The number of hydrogen-bond donors (Lipinski definition) is 3. The van der Waals surface area contributed by atoms with Crippen LogP contribution >= 0.6 is 0 Å². The van der Waals surface area contributed by atoms with Crippen molar-refractivity contribution in [3.63, 3.8) is 0 Å². The second kappa shape index (κ2) is 9.52. The first kappa shape index (κ1) is 24.4. The molecule has 5 rings (SSSR count). The SMILES string of the molecule is CC(O)c1cc(F)ccc1-c1cc2c3c(c1)[C@@H]1CNCC[C@@H]1N3CCOC2.O=C(O)C(F)(F)F. The molecule has 0 aromatic heterocycles. The van der Waals surface area contributed by atoms with Crippen LogP contribution in [0, 0.1) is 5.82 Å². The Hall–Kier alpha value is -2.69. The van der Waals surface area contributed by atoms with E-state index in [1.165, 1.54) is 28.9 Å². The molecule has 0 aliphatic carbocycles. The van der Waals surface area contributed by atoms with Crippen molar-refractivity contribution in [2.75, 3.05) is 31.1 Å². The Morgan fingerprint density at radius 3 is 2.68 bits per heavy atom. The predicted octanol–water partition coefficient (Wildman–Crippen LogP) is 3.98. The van der Waals surface area contributed by atoms with Crippen molar-refractivity contribution < 1.29 is 37.3 Å². The van der Waals surface area contributed by atoms with E-state index in [0.717, 1.165) is 43.8 Å². The fourth-order valence-corrected chi connectivity index (χ4v) is 5.08. The van der Waals surface area contributed by atoms with Gasteiger partial charge >= 0.3 is 12.1 Å². The molecule has 184 valence electrons. The van der Waals surface area contributed by atoms with Crippen LogP contribution in [0.1, 0.15) is 42.1 Å². The lowest BCUT2D eigenvalue weighted by Crippen LogP contribution is -2.44. The number of carboxylic acids is 1. The largest absolute Gasteiger partial charge is 0.490 e. The summed E-state index contributed by atoms with van der Waals surface area (Å²) < 4.78 is 51.4. The van der Waals surface area contributed by atoms with Crippen molar-refractivity contribution in [3.05, 3.63) is 52.8 Å². The summed E-state index contributed by atoms with van der Waals surface area (Å²) in [6.07, 6.45) is -4.66. The van der Waals surface area contributed by atoms with Gasteiger partial charge in [0, 0.05) is 36.3 Å². The highest BCUT2D eigenvalue weighted by molar-refractivity contribution is 5.77. The van der Waals surface area contributed by atoms with Crippen LogP contribution in [0.3, 0.4) is 0 Å². The molecule has 1 saturated heterocycles. The standard InChI is InChI=1S/C22H25FN2O2.C2HF3O2/c1-13(26)18-10-16(23)2-3-17(18)14-8-15-12-27-7-6-25-21-4-5-24-11-20(21)19(9-14)22(15)25;3-2(4,5)1(6)7/h2-3,8-10,13,20-21,24,26H,4-7,11-12H2,1H3;(H,6,7)/t13?,20-,21-;/m0./s1. The van der Waals surface area contributed by atoms with Gasteiger partial charge in [-0.3, -0.25) is 0 Å². The zero-order chi connectivity index (χ0) is 24.6. The summed E-state index contributed by atoms with van der Waals surface area (Å²) in [7, 11) is 0. The molecule has 3 heterocycles. The summed E-state index contributed by atoms with van der Waals surface area (Å²) in [5, 5.41) is 20.9. The van der Waals surface area contributed by atoms with Crippen molar-refractivity contribution in [3.8, 4) is 11.1 Å². The first-order chi connectivity index (χ1) is 16.1. The molecular formula is C24H26F4N2O4. The van der Waals surface area contributed by atoms with Crippen LogP contribution in [0.5, 0.6) is 0 Å². The average Bonchev–Trinajstić information content (AvgIpc) is 2.94. The monoisotopic (exact) mass is 482 g/mol. The number of aliphatic hydroxyl groups is 1. The van der Waals surface area contributed by atoms with E-state index in [1.807, 2.05) is 0 Å². The third-order valence-electron chi connectivity index (χ3n) is 6.50. The van der Waals surface area contributed by atoms with Gasteiger partial charge in [0.25, 0.3) is 0 Å². The summed E-state index contributed by atoms with van der Waals surface area (Å²) in [6, 6.07) is 9.65. The third-order valence-corrected chi connectivity index (χ3v) is 6.50. The number of benzene rings is 2. The zero-order valence-corrected chi connectivity index (χ0v) is 18.5. The summed E-state index contributed by atoms with van der Waals surface area (Å²) in [5.41, 5.74) is 6.48. The van der Waals surface area contributed by atoms with Crippen molar-refractivity contribution in [2.45, 2.75) is 44.2 Å². The van der Waals surface area contributed by atoms with Gasteiger partial charge in [-0.05, 0) is 66.4 Å². The maximum absolute atomic E-state index is 13.8. The molecule has 3 aliphatic rings. The average molecular weight is 482 g/mol. The highest BCUT2D eigenvalue weighted by Gasteiger charge is 2.42. The van der Waals surface area contributed by atoms with Crippen molar-refractivity contribution >= 4 is 11.7 Å². The fourth-order valence-electron chi connectivity index (χ4n) is 5.08. The number of aliphatic carboxylic acids is 1. The molecule has 3 aliphatic heterocycles. The molecule has 1 fully saturated rings. The fraction of sp³-hybridized carbons (Fsp3) is 0.458. The number of ether oxygens (including phenoxy) is 1. The van der Waals surface area contributed by atoms with E-state index in [1.54, 1.807) is 13.0 Å². The first-order valence-electron chi connectivity index (χ1n) is 11.1. The Morgan fingerprint density at radius 2 is 2.00 bits per heavy atom. The number of nitrogens with zero attached hydrogens (tertiary/aromatic N) is 1. The minimum atomic E-state index is -5.08. The maximum atomic E-state index is 13.8. The van der Waals surface area contributed by atoms with Gasteiger partial charge in [0.2, 0.25) is 0 Å². The topological polar surface area (TPSA) is 82.0 Å². The van der Waals surface area contributed by atoms with Crippen LogP contribution in [0.25, 0.3) is 11.1 Å². The molecule has 2 aromatic carbocycles. The molecule has 0 saturated carbocycles. The quantitative estimate of drug-likeness (QED) is 0.562. The third kappa shape index (κ3) is 4.75. The molecule has 6 nitrogen and oxygen atoms in total. The number of alkyl halides is 3. The van der Waals surface area contributed by atoms with Gasteiger partial charge in [0.15, 0.2) is 0 Å². The minimum absolute atomic E-state index is 0.319. The maximum Gasteiger partial charge on any atom is 0.490 e. The molecule has 0 radical (unpaired) electrons. The van der Waals surface area contributed by atoms with Crippen LogP contribution in [0.15, 0.2) is 30.3 Å². The number of hydrogen-bond acceptors (Lipinski definition) is 5. The molecule has 34 heavy (non-hydrogen) atoms. The van der Waals surface area contributed by atoms with Gasteiger partial charge in [-0.15, -0.1) is 0 Å². The molecule has 2 aromatic rings. The molecule has 0 amide bonds. The molecule has 10 heteroatoms. The van der Waals surface area contributed by atoms with Crippen molar-refractivity contribution in [1.82, 2.24) is 5.32 Å². The lowest BCUT2D eigenvalue weighted by Gasteiger charge is -2.33. The van der Waals surface area contributed by atoms with Gasteiger partial charge in [0.1, 0.15) is 5.82 Å². The smallest absolute Gasteiger partial charge is 0.475 e. The van der Waals surface area contributed by atoms with Crippen LogP contribution in [0.2, 0.25) is 0 Å². The number of aliphatic hydroxyl groups excluding tert-OH is 1. The van der Waals surface area contributed by atoms with Gasteiger partial charge in [-0.25, -0.2) is 9.18 Å². The Kier molecular flexibility index (Phi) is 6.84. The number of carbonyl (C=O) groups is 1. The number of rotatable bonds is 2. The van der Waals surface area contributed by atoms with Gasteiger partial charge in [0.05, 0.1) is 19.3 Å². The lowest BCUT2D eigenvalue weighted by atomic mass is 9.86. The Labute approximate surface area is 194 Å². The van der Waals surface area contributed by atoms with Crippen molar-refractivity contribution in [1.29, 1.82) is 0 Å². The van der Waals surface area contributed by atoms with E-state index in [4.69, 9.17) is 14.6 Å². The number of carboxylic acid groups (broad SMARTS) is 1. The Bertz CT molecular complexity index is 1070. The predicted molar refractivity (Wildman–Crippen MR) is 117 cm³/mol. The summed E-state index contributed by atoms with van der Waals surface area (Å²) in [5.74, 6) is -2.60. The van der Waals surface area contributed by atoms with Crippen LogP contribution in [0.4, 0.5) is 23.2 Å². The van der Waals surface area contributed by atoms with E-state index in [-0.39, 0.29) is 5.82 Å². The van der Waals surface area contributed by atoms with E-state index in [2.05, 4.69) is 22.3 Å². The van der Waals surface area contributed by atoms with Crippen LogP contribution in [-0.2, 0) is 16.1 Å². The Morgan fingerprint density at radius 1 is 1.26 bits per heavy atom. The van der Waals surface area contributed by atoms with Gasteiger partial charge in [-0.1, -0.05) is 6.07 Å². The summed E-state index contributed by atoms with van der Waals surface area (Å²) in [4.78, 5) is 11.4. The highest BCUT2D eigenvalue weighted by Crippen LogP contribution is 2.48. The lowest BCUT2D eigenvalue weighted by molar-refractivity contribution is -0.192. The molecule has 0 spiro atoms. The molecule has 3 atom stereocenters. The first-order valence-corrected chi connectivity index (χ1v) is 11.1. The minimum Gasteiger partial charge on any atom is -0.475 e. The van der Waals surface area contributed by atoms with Gasteiger partial charge < -0.3 is 25.2 Å². The summed E-state index contributed by atoms with van der Waals surface area (Å²) in [6.45, 7) is 6.02. The van der Waals surface area contributed by atoms with Crippen LogP contribution in [-0.4, -0.2) is 54.6 Å². The van der Waals surface area contributed by atoms with E-state index in [9.17, 15) is 22.7 Å². The van der Waals surface area contributed by atoms with Crippen molar-refractivity contribution in [2.24, 2.45) is 0 Å². The van der Waals surface area contributed by atoms with E-state index in [0.29, 0.717) is 24.1 Å². The zero-order valence-electron chi connectivity index (χ0n) is 18.5. The number of anilines is 1. The van der Waals surface area contributed by atoms with Gasteiger partial charge in [-0.2, -0.15) is 13.2 Å². The normalized spacial score (nSPS) is 22.1. The number of fused-ring (bicyclic) bond motifs is 3. The second-order valence-electron chi connectivity index (χ2n) is 8.70. The Balaban J connectivity index is 0.000000344. The molecular weight excluding hydrogens is 456 g/mol. The summed E-state index contributed by atoms with van der Waals surface area (Å²) >= 11 is 0. The molecule has 3 N–H and O–H groups in total. The van der Waals surface area contributed by atoms with E-state index >= 15 is 0 Å². The number of halogens is 4. The van der Waals surface area contributed by atoms with E-state index < -0.39 is 18.2 Å².